The Labute approximate surface area is 142 Å². The summed E-state index contributed by atoms with van der Waals surface area (Å²) in [6.07, 6.45) is 1.52. The second-order valence-electron chi connectivity index (χ2n) is 5.56. The van der Waals surface area contributed by atoms with Crippen LogP contribution in [-0.2, 0) is 6.61 Å². The second-order valence-corrected chi connectivity index (χ2v) is 5.56. The predicted molar refractivity (Wildman–Crippen MR) is 85.8 cm³/mol. The van der Waals surface area contributed by atoms with Gasteiger partial charge >= 0.3 is 0 Å². The van der Waals surface area contributed by atoms with Gasteiger partial charge in [0, 0.05) is 23.4 Å². The quantitative estimate of drug-likeness (QED) is 0.793. The molecule has 3 aromatic rings. The molecule has 0 spiro atoms. The smallest absolute Gasteiger partial charge is 0.162 e. The number of nitrogens with zero attached hydrogens (tertiary/aromatic N) is 2. The molecule has 1 N–H and O–H groups in total. The van der Waals surface area contributed by atoms with E-state index in [-0.39, 0.29) is 12.3 Å². The predicted octanol–water partition coefficient (Wildman–Crippen LogP) is 3.08. The number of benzene rings is 2. The number of aliphatic hydroxyl groups excluding tert-OH is 1. The molecular formula is C18H14F2N2O3. The highest BCUT2D eigenvalue weighted by Crippen LogP contribution is 2.35. The minimum Gasteiger partial charge on any atom is -0.486 e. The third kappa shape index (κ3) is 2.83. The van der Waals surface area contributed by atoms with Crippen LogP contribution in [-0.4, -0.2) is 28.1 Å². The number of ether oxygens (including phenoxy) is 2. The van der Waals surface area contributed by atoms with Crippen LogP contribution in [0.3, 0.4) is 0 Å². The van der Waals surface area contributed by atoms with Gasteiger partial charge in [-0.3, -0.25) is 0 Å². The van der Waals surface area contributed by atoms with Gasteiger partial charge in [0.25, 0.3) is 0 Å². The fraction of sp³-hybridized carbons (Fsp3) is 0.167. The number of hydrogen-bond acceptors (Lipinski definition) is 4. The lowest BCUT2D eigenvalue weighted by atomic mass is 10.1. The number of aliphatic hydroxyl groups is 1. The van der Waals surface area contributed by atoms with E-state index in [0.717, 1.165) is 12.1 Å². The van der Waals surface area contributed by atoms with Crippen LogP contribution in [0.2, 0.25) is 0 Å². The molecule has 0 fully saturated rings. The van der Waals surface area contributed by atoms with Crippen LogP contribution in [0.1, 0.15) is 5.56 Å². The zero-order valence-corrected chi connectivity index (χ0v) is 13.1. The molecule has 5 nitrogen and oxygen atoms in total. The molecule has 0 unspecified atom stereocenters. The summed E-state index contributed by atoms with van der Waals surface area (Å²) in [4.78, 5) is 0. The van der Waals surface area contributed by atoms with E-state index >= 15 is 0 Å². The topological polar surface area (TPSA) is 56.5 Å². The molecule has 0 amide bonds. The first-order valence-electron chi connectivity index (χ1n) is 7.70. The van der Waals surface area contributed by atoms with Crippen molar-refractivity contribution < 1.29 is 23.4 Å². The van der Waals surface area contributed by atoms with Gasteiger partial charge in [-0.15, -0.1) is 0 Å². The Morgan fingerprint density at radius 1 is 1.04 bits per heavy atom. The van der Waals surface area contributed by atoms with E-state index in [9.17, 15) is 13.9 Å². The van der Waals surface area contributed by atoms with E-state index in [1.165, 1.54) is 16.9 Å². The molecule has 1 aliphatic heterocycles. The SMILES string of the molecule is OCc1cn(-c2ccc(F)cc2F)nc1-c1ccc2c(c1)OCCO2. The van der Waals surface area contributed by atoms with Crippen LogP contribution in [0.25, 0.3) is 16.9 Å². The van der Waals surface area contributed by atoms with Crippen LogP contribution >= 0.6 is 0 Å². The van der Waals surface area contributed by atoms with E-state index in [0.29, 0.717) is 41.5 Å². The zero-order valence-electron chi connectivity index (χ0n) is 13.1. The number of rotatable bonds is 3. The molecule has 4 rings (SSSR count). The van der Waals surface area contributed by atoms with Crippen molar-refractivity contribution in [1.29, 1.82) is 0 Å². The Balaban J connectivity index is 1.79. The fourth-order valence-corrected chi connectivity index (χ4v) is 2.75. The van der Waals surface area contributed by atoms with Crippen LogP contribution < -0.4 is 9.47 Å². The van der Waals surface area contributed by atoms with E-state index < -0.39 is 11.6 Å². The second kappa shape index (κ2) is 6.18. The summed E-state index contributed by atoms with van der Waals surface area (Å²) in [6.45, 7) is 0.678. The van der Waals surface area contributed by atoms with Crippen LogP contribution in [0.5, 0.6) is 11.5 Å². The molecule has 2 aromatic carbocycles. The number of fused-ring (bicyclic) bond motifs is 1. The monoisotopic (exact) mass is 344 g/mol. The van der Waals surface area contributed by atoms with Crippen molar-refractivity contribution in [2.24, 2.45) is 0 Å². The third-order valence-corrected chi connectivity index (χ3v) is 3.93. The van der Waals surface area contributed by atoms with E-state index in [4.69, 9.17) is 9.47 Å². The first kappa shape index (κ1) is 15.6. The van der Waals surface area contributed by atoms with Crippen LogP contribution in [0, 0.1) is 11.6 Å². The molecule has 0 radical (unpaired) electrons. The van der Waals surface area contributed by atoms with Crippen molar-refractivity contribution in [1.82, 2.24) is 9.78 Å². The summed E-state index contributed by atoms with van der Waals surface area (Å²) in [5.74, 6) is -0.164. The standard InChI is InChI=1S/C18H14F2N2O3/c19-13-2-3-15(14(20)8-13)22-9-12(10-23)18(21-22)11-1-4-16-17(7-11)25-6-5-24-16/h1-4,7-9,23H,5-6,10H2. The summed E-state index contributed by atoms with van der Waals surface area (Å²) in [7, 11) is 0. The molecule has 0 atom stereocenters. The van der Waals surface area contributed by atoms with Gasteiger partial charge < -0.3 is 14.6 Å². The molecule has 0 saturated heterocycles. The molecule has 128 valence electrons. The normalized spacial score (nSPS) is 13.1. The molecule has 7 heteroatoms. The summed E-state index contributed by atoms with van der Waals surface area (Å²) in [6, 6.07) is 8.57. The van der Waals surface area contributed by atoms with Crippen molar-refractivity contribution in [2.75, 3.05) is 13.2 Å². The highest BCUT2D eigenvalue weighted by atomic mass is 19.1. The molecule has 0 saturated carbocycles. The average molecular weight is 344 g/mol. The van der Waals surface area contributed by atoms with E-state index in [1.807, 2.05) is 0 Å². The lowest BCUT2D eigenvalue weighted by Crippen LogP contribution is -2.15. The van der Waals surface area contributed by atoms with Gasteiger partial charge in [0.15, 0.2) is 17.3 Å². The Morgan fingerprint density at radius 3 is 2.60 bits per heavy atom. The lowest BCUT2D eigenvalue weighted by Gasteiger charge is -2.18. The minimum atomic E-state index is -0.735. The third-order valence-electron chi connectivity index (χ3n) is 3.93. The minimum absolute atomic E-state index is 0.0971. The fourth-order valence-electron chi connectivity index (χ4n) is 2.75. The Kier molecular flexibility index (Phi) is 3.85. The van der Waals surface area contributed by atoms with E-state index in [1.54, 1.807) is 18.2 Å². The Bertz CT molecular complexity index is 940. The maximum Gasteiger partial charge on any atom is 0.162 e. The highest BCUT2D eigenvalue weighted by molar-refractivity contribution is 5.67. The van der Waals surface area contributed by atoms with Gasteiger partial charge in [-0.1, -0.05) is 0 Å². The molecular weight excluding hydrogens is 330 g/mol. The first-order chi connectivity index (χ1) is 12.2. The Morgan fingerprint density at radius 2 is 1.84 bits per heavy atom. The molecule has 2 heterocycles. The van der Waals surface area contributed by atoms with Crippen molar-refractivity contribution in [3.63, 3.8) is 0 Å². The van der Waals surface area contributed by atoms with Crippen molar-refractivity contribution in [2.45, 2.75) is 6.61 Å². The van der Waals surface area contributed by atoms with Crippen molar-refractivity contribution in [3.8, 4) is 28.4 Å². The van der Waals surface area contributed by atoms with Crippen molar-refractivity contribution in [3.05, 3.63) is 59.8 Å². The Hall–Kier alpha value is -2.93. The maximum atomic E-state index is 14.0. The molecule has 1 aromatic heterocycles. The van der Waals surface area contributed by atoms with Gasteiger partial charge in [0.2, 0.25) is 0 Å². The number of halogens is 2. The molecule has 0 bridgehead atoms. The van der Waals surface area contributed by atoms with Gasteiger partial charge in [0.05, 0.1) is 12.3 Å². The summed E-state index contributed by atoms with van der Waals surface area (Å²) in [5, 5.41) is 14.0. The highest BCUT2D eigenvalue weighted by Gasteiger charge is 2.17. The van der Waals surface area contributed by atoms with Crippen molar-refractivity contribution >= 4 is 0 Å². The van der Waals surface area contributed by atoms with Gasteiger partial charge in [-0.2, -0.15) is 5.10 Å². The maximum absolute atomic E-state index is 14.0. The summed E-state index contributed by atoms with van der Waals surface area (Å²) in [5.41, 5.74) is 1.80. The molecule has 1 aliphatic rings. The van der Waals surface area contributed by atoms with E-state index in [2.05, 4.69) is 5.10 Å². The van der Waals surface area contributed by atoms with Gasteiger partial charge in [-0.05, 0) is 30.3 Å². The number of aromatic nitrogens is 2. The summed E-state index contributed by atoms with van der Waals surface area (Å²) < 4.78 is 39.4. The average Bonchev–Trinajstić information content (AvgIpc) is 3.05. The van der Waals surface area contributed by atoms with Gasteiger partial charge in [-0.25, -0.2) is 13.5 Å². The largest absolute Gasteiger partial charge is 0.486 e. The number of hydrogen-bond donors (Lipinski definition) is 1. The molecule has 25 heavy (non-hydrogen) atoms. The van der Waals surface area contributed by atoms with Crippen LogP contribution in [0.4, 0.5) is 8.78 Å². The lowest BCUT2D eigenvalue weighted by molar-refractivity contribution is 0.171. The first-order valence-corrected chi connectivity index (χ1v) is 7.70. The zero-order chi connectivity index (χ0) is 17.4. The van der Waals surface area contributed by atoms with Gasteiger partial charge in [0.1, 0.15) is 24.7 Å². The molecule has 0 aliphatic carbocycles. The summed E-state index contributed by atoms with van der Waals surface area (Å²) >= 11 is 0. The van der Waals surface area contributed by atoms with Crippen LogP contribution in [0.15, 0.2) is 42.6 Å².